The zero-order chi connectivity index (χ0) is 17.3. The summed E-state index contributed by atoms with van der Waals surface area (Å²) in [5, 5.41) is 0.889. The van der Waals surface area contributed by atoms with Crippen molar-refractivity contribution in [2.75, 3.05) is 6.61 Å². The van der Waals surface area contributed by atoms with Crippen molar-refractivity contribution < 1.29 is 17.9 Å². The van der Waals surface area contributed by atoms with Crippen molar-refractivity contribution in [2.24, 2.45) is 0 Å². The molecular formula is C18H14F3NO2. The van der Waals surface area contributed by atoms with Crippen molar-refractivity contribution in [3.63, 3.8) is 0 Å². The SMILES string of the molecule is Cc1ccc(F)cc1-c1c[nH]c(=O)c2cc(OCC(F)F)ccc12. The molecule has 1 aromatic heterocycles. The van der Waals surface area contributed by atoms with E-state index < -0.39 is 13.0 Å². The molecule has 0 radical (unpaired) electrons. The number of aryl methyl sites for hydroxylation is 1. The summed E-state index contributed by atoms with van der Waals surface area (Å²) in [6, 6.07) is 8.95. The van der Waals surface area contributed by atoms with Gasteiger partial charge in [0.1, 0.15) is 18.2 Å². The third-order valence-corrected chi connectivity index (χ3v) is 3.74. The minimum absolute atomic E-state index is 0.182. The Morgan fingerprint density at radius 3 is 2.62 bits per heavy atom. The number of hydrogen-bond donors (Lipinski definition) is 1. The lowest BCUT2D eigenvalue weighted by Gasteiger charge is -2.11. The van der Waals surface area contributed by atoms with Crippen molar-refractivity contribution >= 4 is 10.8 Å². The van der Waals surface area contributed by atoms with Gasteiger partial charge in [0.15, 0.2) is 0 Å². The quantitative estimate of drug-likeness (QED) is 0.774. The Labute approximate surface area is 135 Å². The highest BCUT2D eigenvalue weighted by Crippen LogP contribution is 2.31. The molecule has 3 aromatic rings. The number of hydrogen-bond acceptors (Lipinski definition) is 2. The van der Waals surface area contributed by atoms with E-state index in [0.29, 0.717) is 21.9 Å². The van der Waals surface area contributed by atoms with E-state index in [-0.39, 0.29) is 17.1 Å². The monoisotopic (exact) mass is 333 g/mol. The predicted molar refractivity (Wildman–Crippen MR) is 86.2 cm³/mol. The Kier molecular flexibility index (Phi) is 4.29. The van der Waals surface area contributed by atoms with Gasteiger partial charge in [0.25, 0.3) is 12.0 Å². The van der Waals surface area contributed by atoms with Crippen molar-refractivity contribution in [1.29, 1.82) is 0 Å². The van der Waals surface area contributed by atoms with Crippen LogP contribution in [0, 0.1) is 12.7 Å². The van der Waals surface area contributed by atoms with Crippen LogP contribution in [0.25, 0.3) is 21.9 Å². The molecule has 24 heavy (non-hydrogen) atoms. The molecule has 0 bridgehead atoms. The molecule has 0 fully saturated rings. The highest BCUT2D eigenvalue weighted by molar-refractivity contribution is 5.97. The van der Waals surface area contributed by atoms with Crippen LogP contribution >= 0.6 is 0 Å². The Hall–Kier alpha value is -2.76. The molecule has 0 atom stereocenters. The van der Waals surface area contributed by atoms with Gasteiger partial charge in [-0.05, 0) is 53.8 Å². The molecule has 0 aliphatic heterocycles. The van der Waals surface area contributed by atoms with Crippen LogP contribution in [0.3, 0.4) is 0 Å². The predicted octanol–water partition coefficient (Wildman–Crippen LogP) is 4.29. The van der Waals surface area contributed by atoms with E-state index in [2.05, 4.69) is 4.98 Å². The molecule has 3 nitrogen and oxygen atoms in total. The molecule has 3 rings (SSSR count). The maximum Gasteiger partial charge on any atom is 0.272 e. The van der Waals surface area contributed by atoms with Crippen LogP contribution in [-0.4, -0.2) is 18.0 Å². The average molecular weight is 333 g/mol. The minimum atomic E-state index is -2.60. The van der Waals surface area contributed by atoms with Gasteiger partial charge in [-0.2, -0.15) is 0 Å². The van der Waals surface area contributed by atoms with Crippen LogP contribution in [0.4, 0.5) is 13.2 Å². The molecule has 0 spiro atoms. The molecule has 124 valence electrons. The molecule has 2 aromatic carbocycles. The summed E-state index contributed by atoms with van der Waals surface area (Å²) >= 11 is 0. The molecule has 6 heteroatoms. The fraction of sp³-hybridized carbons (Fsp3) is 0.167. The highest BCUT2D eigenvalue weighted by atomic mass is 19.3. The van der Waals surface area contributed by atoms with E-state index in [1.807, 2.05) is 6.92 Å². The molecule has 0 aliphatic carbocycles. The van der Waals surface area contributed by atoms with Crippen LogP contribution in [0.5, 0.6) is 5.75 Å². The lowest BCUT2D eigenvalue weighted by Crippen LogP contribution is -2.09. The van der Waals surface area contributed by atoms with E-state index in [1.54, 1.807) is 12.1 Å². The third kappa shape index (κ3) is 3.13. The zero-order valence-electron chi connectivity index (χ0n) is 12.8. The maximum absolute atomic E-state index is 13.6. The third-order valence-electron chi connectivity index (χ3n) is 3.74. The smallest absolute Gasteiger partial charge is 0.272 e. The van der Waals surface area contributed by atoms with Crippen LogP contribution in [0.1, 0.15) is 5.56 Å². The van der Waals surface area contributed by atoms with Crippen LogP contribution in [0.15, 0.2) is 47.4 Å². The van der Waals surface area contributed by atoms with Crippen LogP contribution in [0.2, 0.25) is 0 Å². The first kappa shape index (κ1) is 16.1. The van der Waals surface area contributed by atoms with Gasteiger partial charge in [-0.1, -0.05) is 6.07 Å². The van der Waals surface area contributed by atoms with Crippen molar-refractivity contribution in [3.8, 4) is 16.9 Å². The Bertz CT molecular complexity index is 951. The average Bonchev–Trinajstić information content (AvgIpc) is 2.56. The van der Waals surface area contributed by atoms with Crippen molar-refractivity contribution in [2.45, 2.75) is 13.3 Å². The first-order valence-electron chi connectivity index (χ1n) is 7.28. The van der Waals surface area contributed by atoms with Crippen LogP contribution in [-0.2, 0) is 0 Å². The second kappa shape index (κ2) is 6.39. The normalized spacial score (nSPS) is 11.2. The second-order valence-corrected chi connectivity index (χ2v) is 5.40. The van der Waals surface area contributed by atoms with Gasteiger partial charge in [-0.15, -0.1) is 0 Å². The zero-order valence-corrected chi connectivity index (χ0v) is 12.8. The summed E-state index contributed by atoms with van der Waals surface area (Å²) < 4.78 is 43.1. The molecule has 1 heterocycles. The van der Waals surface area contributed by atoms with Gasteiger partial charge in [-0.3, -0.25) is 4.79 Å². The molecule has 0 saturated heterocycles. The van der Waals surface area contributed by atoms with Gasteiger partial charge in [0.2, 0.25) is 0 Å². The first-order valence-corrected chi connectivity index (χ1v) is 7.28. The number of benzene rings is 2. The summed E-state index contributed by atoms with van der Waals surface area (Å²) in [5.41, 5.74) is 1.78. The number of aromatic amines is 1. The van der Waals surface area contributed by atoms with Gasteiger partial charge in [0, 0.05) is 11.8 Å². The van der Waals surface area contributed by atoms with Gasteiger partial charge in [0.05, 0.1) is 5.39 Å². The number of ether oxygens (including phenoxy) is 1. The fourth-order valence-corrected chi connectivity index (χ4v) is 2.60. The van der Waals surface area contributed by atoms with Gasteiger partial charge < -0.3 is 9.72 Å². The number of fused-ring (bicyclic) bond motifs is 1. The Morgan fingerprint density at radius 2 is 1.88 bits per heavy atom. The summed E-state index contributed by atoms with van der Waals surface area (Å²) in [6.45, 7) is 1.10. The lowest BCUT2D eigenvalue weighted by molar-refractivity contribution is 0.0820. The number of halogens is 3. The van der Waals surface area contributed by atoms with Gasteiger partial charge >= 0.3 is 0 Å². The van der Waals surface area contributed by atoms with E-state index in [4.69, 9.17) is 4.74 Å². The second-order valence-electron chi connectivity index (χ2n) is 5.40. The Balaban J connectivity index is 2.15. The molecular weight excluding hydrogens is 319 g/mol. The number of alkyl halides is 2. The van der Waals surface area contributed by atoms with E-state index in [9.17, 15) is 18.0 Å². The van der Waals surface area contributed by atoms with E-state index >= 15 is 0 Å². The molecule has 0 saturated carbocycles. The standard InChI is InChI=1S/C18H14F3NO2/c1-10-2-3-11(19)6-14(10)16-8-22-18(23)15-7-12(4-5-13(15)16)24-9-17(20)21/h2-8,17H,9H2,1H3,(H,22,23). The summed E-state index contributed by atoms with van der Waals surface area (Å²) in [7, 11) is 0. The first-order chi connectivity index (χ1) is 11.5. The largest absolute Gasteiger partial charge is 0.488 e. The maximum atomic E-state index is 13.6. The number of pyridine rings is 1. The fourth-order valence-electron chi connectivity index (χ4n) is 2.60. The van der Waals surface area contributed by atoms with Crippen LogP contribution < -0.4 is 10.3 Å². The highest BCUT2D eigenvalue weighted by Gasteiger charge is 2.12. The number of rotatable bonds is 4. The van der Waals surface area contributed by atoms with E-state index in [0.717, 1.165) is 5.56 Å². The molecule has 0 amide bonds. The molecule has 1 N–H and O–H groups in total. The van der Waals surface area contributed by atoms with Crippen molar-refractivity contribution in [3.05, 3.63) is 64.3 Å². The minimum Gasteiger partial charge on any atom is -0.488 e. The topological polar surface area (TPSA) is 42.1 Å². The summed E-state index contributed by atoms with van der Waals surface area (Å²) in [4.78, 5) is 14.7. The Morgan fingerprint density at radius 1 is 1.08 bits per heavy atom. The van der Waals surface area contributed by atoms with Crippen molar-refractivity contribution in [1.82, 2.24) is 4.98 Å². The van der Waals surface area contributed by atoms with Gasteiger partial charge in [-0.25, -0.2) is 13.2 Å². The number of aromatic nitrogens is 1. The summed E-state index contributed by atoms with van der Waals surface area (Å²) in [6.07, 6.45) is -1.08. The summed E-state index contributed by atoms with van der Waals surface area (Å²) in [5.74, 6) is -0.201. The number of H-pyrrole nitrogens is 1. The molecule has 0 aliphatic rings. The lowest BCUT2D eigenvalue weighted by atomic mass is 9.97. The number of nitrogens with one attached hydrogen (secondary N) is 1. The molecule has 0 unspecified atom stereocenters. The van der Waals surface area contributed by atoms with E-state index in [1.165, 1.54) is 30.5 Å².